The van der Waals surface area contributed by atoms with Crippen LogP contribution in [-0.2, 0) is 13.0 Å². The van der Waals surface area contributed by atoms with Crippen LogP contribution < -0.4 is 5.32 Å². The Morgan fingerprint density at radius 3 is 2.71 bits per heavy atom. The van der Waals surface area contributed by atoms with E-state index >= 15 is 0 Å². The summed E-state index contributed by atoms with van der Waals surface area (Å²) in [6.45, 7) is 7.41. The van der Waals surface area contributed by atoms with Crippen molar-refractivity contribution in [1.29, 1.82) is 0 Å². The summed E-state index contributed by atoms with van der Waals surface area (Å²) < 4.78 is 11.0. The Kier molecular flexibility index (Phi) is 5.62. The van der Waals surface area contributed by atoms with Crippen molar-refractivity contribution in [3.8, 4) is 0 Å². The lowest BCUT2D eigenvalue weighted by Gasteiger charge is -2.36. The van der Waals surface area contributed by atoms with Gasteiger partial charge in [0.2, 0.25) is 0 Å². The first-order valence-electron chi connectivity index (χ1n) is 9.79. The molecule has 0 amide bonds. The van der Waals surface area contributed by atoms with E-state index in [2.05, 4.69) is 37.4 Å². The summed E-state index contributed by atoms with van der Waals surface area (Å²) >= 11 is 0. The zero-order chi connectivity index (χ0) is 19.3. The standard InChI is InChI=1S/C21H27N5O2/c1-16-13-18(24-28-16)15-25-9-11-26(12-10-25)21(22-2)23-8-7-19-14-17-5-3-4-6-20(17)27-19/h3-6,13-14H,7-12,15H2,1-2H3,(H,22,23). The molecule has 1 aliphatic rings. The number of fused-ring (bicyclic) bond motifs is 1. The second-order valence-electron chi connectivity index (χ2n) is 7.17. The number of nitrogens with one attached hydrogen (secondary N) is 1. The number of guanidine groups is 1. The van der Waals surface area contributed by atoms with Gasteiger partial charge in [-0.25, -0.2) is 0 Å². The number of piperazine rings is 1. The lowest BCUT2D eigenvalue weighted by molar-refractivity contribution is 0.169. The smallest absolute Gasteiger partial charge is 0.193 e. The zero-order valence-electron chi connectivity index (χ0n) is 16.5. The average molecular weight is 381 g/mol. The van der Waals surface area contributed by atoms with Gasteiger partial charge in [-0.2, -0.15) is 0 Å². The topological polar surface area (TPSA) is 70.0 Å². The molecule has 0 radical (unpaired) electrons. The van der Waals surface area contributed by atoms with Gasteiger partial charge in [0.25, 0.3) is 0 Å². The summed E-state index contributed by atoms with van der Waals surface area (Å²) in [5, 5.41) is 8.71. The van der Waals surface area contributed by atoms with Crippen molar-refractivity contribution in [3.63, 3.8) is 0 Å². The largest absolute Gasteiger partial charge is 0.461 e. The zero-order valence-corrected chi connectivity index (χ0v) is 16.5. The molecule has 3 heterocycles. The van der Waals surface area contributed by atoms with E-state index in [0.29, 0.717) is 0 Å². The van der Waals surface area contributed by atoms with Crippen LogP contribution in [0.2, 0.25) is 0 Å². The third-order valence-electron chi connectivity index (χ3n) is 5.08. The number of nitrogens with zero attached hydrogens (tertiary/aromatic N) is 4. The van der Waals surface area contributed by atoms with Gasteiger partial charge >= 0.3 is 0 Å². The summed E-state index contributed by atoms with van der Waals surface area (Å²) in [5.74, 6) is 2.81. The summed E-state index contributed by atoms with van der Waals surface area (Å²) in [4.78, 5) is 9.16. The number of aromatic nitrogens is 1. The minimum absolute atomic E-state index is 0.797. The highest BCUT2D eigenvalue weighted by Crippen LogP contribution is 2.18. The number of rotatable bonds is 5. The molecule has 7 nitrogen and oxygen atoms in total. The van der Waals surface area contributed by atoms with E-state index < -0.39 is 0 Å². The molecule has 1 aliphatic heterocycles. The van der Waals surface area contributed by atoms with Crippen LogP contribution in [0.25, 0.3) is 11.0 Å². The molecule has 28 heavy (non-hydrogen) atoms. The maximum Gasteiger partial charge on any atom is 0.193 e. The van der Waals surface area contributed by atoms with Crippen LogP contribution in [0.1, 0.15) is 17.2 Å². The molecule has 0 bridgehead atoms. The summed E-state index contributed by atoms with van der Waals surface area (Å²) in [5.41, 5.74) is 1.94. The Balaban J connectivity index is 1.24. The minimum Gasteiger partial charge on any atom is -0.461 e. The van der Waals surface area contributed by atoms with Crippen LogP contribution in [0.15, 0.2) is 50.3 Å². The van der Waals surface area contributed by atoms with Gasteiger partial charge in [0, 0.05) is 64.2 Å². The molecular formula is C21H27N5O2. The van der Waals surface area contributed by atoms with E-state index in [-0.39, 0.29) is 0 Å². The lowest BCUT2D eigenvalue weighted by atomic mass is 10.2. The van der Waals surface area contributed by atoms with Gasteiger partial charge in [0.15, 0.2) is 5.96 Å². The van der Waals surface area contributed by atoms with Crippen molar-refractivity contribution in [2.75, 3.05) is 39.8 Å². The second-order valence-corrected chi connectivity index (χ2v) is 7.17. The molecule has 1 N–H and O–H groups in total. The normalized spacial score (nSPS) is 16.1. The highest BCUT2D eigenvalue weighted by molar-refractivity contribution is 5.80. The molecule has 3 aromatic rings. The SMILES string of the molecule is CN=C(NCCc1cc2ccccc2o1)N1CCN(Cc2cc(C)on2)CC1. The lowest BCUT2D eigenvalue weighted by Crippen LogP contribution is -2.52. The van der Waals surface area contributed by atoms with Crippen LogP contribution in [0.5, 0.6) is 0 Å². The van der Waals surface area contributed by atoms with Crippen molar-refractivity contribution in [2.45, 2.75) is 19.9 Å². The van der Waals surface area contributed by atoms with Gasteiger partial charge in [-0.15, -0.1) is 0 Å². The minimum atomic E-state index is 0.797. The number of hydrogen-bond acceptors (Lipinski definition) is 5. The summed E-state index contributed by atoms with van der Waals surface area (Å²) in [6, 6.07) is 12.2. The average Bonchev–Trinajstić information content (AvgIpc) is 3.31. The molecule has 1 fully saturated rings. The van der Waals surface area contributed by atoms with E-state index in [1.165, 1.54) is 0 Å². The van der Waals surface area contributed by atoms with Crippen LogP contribution in [0.3, 0.4) is 0 Å². The van der Waals surface area contributed by atoms with E-state index in [1.807, 2.05) is 38.2 Å². The Hall–Kier alpha value is -2.80. The second kappa shape index (κ2) is 8.48. The Morgan fingerprint density at radius 1 is 1.18 bits per heavy atom. The highest BCUT2D eigenvalue weighted by Gasteiger charge is 2.20. The predicted octanol–water partition coefficient (Wildman–Crippen LogP) is 2.66. The van der Waals surface area contributed by atoms with Crippen molar-refractivity contribution < 1.29 is 8.94 Å². The number of aryl methyl sites for hydroxylation is 1. The van der Waals surface area contributed by atoms with Crippen molar-refractivity contribution in [2.24, 2.45) is 4.99 Å². The number of hydrogen-bond donors (Lipinski definition) is 1. The molecule has 0 saturated carbocycles. The van der Waals surface area contributed by atoms with Crippen LogP contribution >= 0.6 is 0 Å². The maximum atomic E-state index is 5.89. The molecule has 1 aromatic carbocycles. The van der Waals surface area contributed by atoms with E-state index in [0.717, 1.165) is 79.8 Å². The fraction of sp³-hybridized carbons (Fsp3) is 0.429. The van der Waals surface area contributed by atoms with Gasteiger partial charge < -0.3 is 19.2 Å². The predicted molar refractivity (Wildman–Crippen MR) is 109 cm³/mol. The van der Waals surface area contributed by atoms with Crippen molar-refractivity contribution in [3.05, 3.63) is 53.6 Å². The monoisotopic (exact) mass is 381 g/mol. The molecule has 0 aliphatic carbocycles. The molecule has 0 unspecified atom stereocenters. The highest BCUT2D eigenvalue weighted by atomic mass is 16.5. The molecular weight excluding hydrogens is 354 g/mol. The van der Waals surface area contributed by atoms with Crippen LogP contribution in [-0.4, -0.2) is 60.7 Å². The van der Waals surface area contributed by atoms with E-state index in [4.69, 9.17) is 8.94 Å². The first kappa shape index (κ1) is 18.6. The Morgan fingerprint density at radius 2 is 2.00 bits per heavy atom. The molecule has 148 valence electrons. The van der Waals surface area contributed by atoms with Crippen molar-refractivity contribution >= 4 is 16.9 Å². The van der Waals surface area contributed by atoms with Gasteiger partial charge in [-0.3, -0.25) is 9.89 Å². The number of aliphatic imine (C=N–C) groups is 1. The molecule has 7 heteroatoms. The number of benzene rings is 1. The molecule has 1 saturated heterocycles. The Bertz CT molecular complexity index is 904. The molecule has 0 spiro atoms. The number of para-hydroxylation sites is 1. The number of furan rings is 1. The van der Waals surface area contributed by atoms with Gasteiger partial charge in [0.1, 0.15) is 17.1 Å². The maximum absolute atomic E-state index is 5.89. The van der Waals surface area contributed by atoms with Crippen LogP contribution in [0.4, 0.5) is 0 Å². The summed E-state index contributed by atoms with van der Waals surface area (Å²) in [6.07, 6.45) is 0.833. The first-order valence-corrected chi connectivity index (χ1v) is 9.79. The third-order valence-corrected chi connectivity index (χ3v) is 5.08. The molecule has 2 aromatic heterocycles. The first-order chi connectivity index (χ1) is 13.7. The summed E-state index contributed by atoms with van der Waals surface area (Å²) in [7, 11) is 1.84. The third kappa shape index (κ3) is 4.36. The molecule has 4 rings (SSSR count). The quantitative estimate of drug-likeness (QED) is 0.541. The molecule has 0 atom stereocenters. The van der Waals surface area contributed by atoms with Gasteiger partial charge in [-0.05, 0) is 19.1 Å². The van der Waals surface area contributed by atoms with Crippen LogP contribution in [0, 0.1) is 6.92 Å². The van der Waals surface area contributed by atoms with Gasteiger partial charge in [0.05, 0.1) is 5.69 Å². The fourth-order valence-corrected chi connectivity index (χ4v) is 3.63. The van der Waals surface area contributed by atoms with Crippen molar-refractivity contribution in [1.82, 2.24) is 20.3 Å². The van der Waals surface area contributed by atoms with Gasteiger partial charge in [-0.1, -0.05) is 23.4 Å². The fourth-order valence-electron chi connectivity index (χ4n) is 3.63. The van der Waals surface area contributed by atoms with E-state index in [1.54, 1.807) is 0 Å². The van der Waals surface area contributed by atoms with E-state index in [9.17, 15) is 0 Å². The Labute approximate surface area is 165 Å².